The Kier molecular flexibility index (Phi) is 4.10. The minimum Gasteiger partial charge on any atom is -0.366 e. The summed E-state index contributed by atoms with van der Waals surface area (Å²) in [5.74, 6) is 1.18. The Morgan fingerprint density at radius 3 is 2.91 bits per heavy atom. The average Bonchev–Trinajstić information content (AvgIpc) is 2.96. The molecule has 0 aliphatic carbocycles. The van der Waals surface area contributed by atoms with Crippen molar-refractivity contribution in [2.45, 2.75) is 25.9 Å². The standard InChI is InChI=1S/C14H21N5O3/c1-9-15-13(17-16-9)11-8-19(5-6-22-11)14(21)10-3-4-18(2)12(20)7-10/h10-11H,3-8H2,1-2H3,(H,15,16,17)/t10-,11-/m1/s1. The summed E-state index contributed by atoms with van der Waals surface area (Å²) in [6, 6.07) is 0. The minimum atomic E-state index is -0.301. The number of aromatic nitrogens is 3. The van der Waals surface area contributed by atoms with Crippen LogP contribution in [0.1, 0.15) is 30.6 Å². The number of nitrogens with one attached hydrogen (secondary N) is 1. The lowest BCUT2D eigenvalue weighted by molar-refractivity contribution is -0.149. The van der Waals surface area contributed by atoms with E-state index in [0.717, 1.165) is 12.2 Å². The van der Waals surface area contributed by atoms with Crippen molar-refractivity contribution in [1.82, 2.24) is 25.0 Å². The summed E-state index contributed by atoms with van der Waals surface area (Å²) in [5, 5.41) is 6.90. The van der Waals surface area contributed by atoms with Gasteiger partial charge in [-0.15, -0.1) is 0 Å². The van der Waals surface area contributed by atoms with Crippen LogP contribution in [-0.2, 0) is 14.3 Å². The third-order valence-corrected chi connectivity index (χ3v) is 4.29. The van der Waals surface area contributed by atoms with Crippen LogP contribution >= 0.6 is 0 Å². The number of likely N-dealkylation sites (tertiary alicyclic amines) is 1. The number of hydrogen-bond acceptors (Lipinski definition) is 5. The van der Waals surface area contributed by atoms with Crippen molar-refractivity contribution in [3.05, 3.63) is 11.6 Å². The highest BCUT2D eigenvalue weighted by Gasteiger charge is 2.35. The Bertz CT molecular complexity index is 573. The number of aryl methyl sites for hydroxylation is 1. The van der Waals surface area contributed by atoms with Gasteiger partial charge >= 0.3 is 0 Å². The van der Waals surface area contributed by atoms with E-state index in [-0.39, 0.29) is 23.8 Å². The molecule has 0 aromatic carbocycles. The van der Waals surface area contributed by atoms with E-state index in [1.165, 1.54) is 0 Å². The van der Waals surface area contributed by atoms with Gasteiger partial charge in [0.2, 0.25) is 11.8 Å². The average molecular weight is 307 g/mol. The normalized spacial score (nSPS) is 26.4. The number of nitrogens with zero attached hydrogens (tertiary/aromatic N) is 4. The zero-order chi connectivity index (χ0) is 15.7. The van der Waals surface area contributed by atoms with Crippen LogP contribution in [0.2, 0.25) is 0 Å². The number of rotatable bonds is 2. The molecule has 2 amide bonds. The van der Waals surface area contributed by atoms with Gasteiger partial charge in [0.25, 0.3) is 0 Å². The van der Waals surface area contributed by atoms with E-state index >= 15 is 0 Å². The Balaban J connectivity index is 1.64. The lowest BCUT2D eigenvalue weighted by Crippen LogP contribution is -2.48. The molecule has 0 saturated carbocycles. The molecule has 22 heavy (non-hydrogen) atoms. The van der Waals surface area contributed by atoms with Gasteiger partial charge in [0.05, 0.1) is 13.2 Å². The lowest BCUT2D eigenvalue weighted by atomic mass is 9.94. The van der Waals surface area contributed by atoms with Crippen molar-refractivity contribution in [3.63, 3.8) is 0 Å². The second-order valence-corrected chi connectivity index (χ2v) is 5.93. The number of aromatic amines is 1. The number of morpholine rings is 1. The first-order valence-electron chi connectivity index (χ1n) is 7.58. The molecule has 2 aliphatic rings. The molecule has 8 nitrogen and oxygen atoms in total. The zero-order valence-electron chi connectivity index (χ0n) is 12.9. The number of ether oxygens (including phenoxy) is 1. The van der Waals surface area contributed by atoms with Gasteiger partial charge in [-0.3, -0.25) is 14.7 Å². The van der Waals surface area contributed by atoms with E-state index in [0.29, 0.717) is 38.5 Å². The molecule has 120 valence electrons. The molecule has 1 N–H and O–H groups in total. The molecule has 2 aliphatic heterocycles. The summed E-state index contributed by atoms with van der Waals surface area (Å²) in [6.07, 6.45) is 0.726. The number of carbonyl (C=O) groups is 2. The molecule has 0 radical (unpaired) electrons. The third-order valence-electron chi connectivity index (χ3n) is 4.29. The molecular weight excluding hydrogens is 286 g/mol. The van der Waals surface area contributed by atoms with Gasteiger partial charge in [-0.2, -0.15) is 5.10 Å². The summed E-state index contributed by atoms with van der Waals surface area (Å²) >= 11 is 0. The third kappa shape index (κ3) is 2.96. The van der Waals surface area contributed by atoms with Crippen molar-refractivity contribution in [3.8, 4) is 0 Å². The smallest absolute Gasteiger partial charge is 0.226 e. The van der Waals surface area contributed by atoms with E-state index in [4.69, 9.17) is 4.74 Å². The van der Waals surface area contributed by atoms with Gasteiger partial charge in [-0.05, 0) is 13.3 Å². The van der Waals surface area contributed by atoms with Crippen LogP contribution < -0.4 is 0 Å². The molecule has 2 fully saturated rings. The molecule has 0 unspecified atom stereocenters. The second-order valence-electron chi connectivity index (χ2n) is 5.93. The summed E-state index contributed by atoms with van der Waals surface area (Å²) in [6.45, 7) is 3.93. The van der Waals surface area contributed by atoms with Crippen molar-refractivity contribution in [2.24, 2.45) is 5.92 Å². The van der Waals surface area contributed by atoms with Crippen LogP contribution in [0, 0.1) is 12.8 Å². The maximum atomic E-state index is 12.6. The van der Waals surface area contributed by atoms with Crippen LogP contribution in [0.3, 0.4) is 0 Å². The highest BCUT2D eigenvalue weighted by molar-refractivity contribution is 5.87. The fraction of sp³-hybridized carbons (Fsp3) is 0.714. The second kappa shape index (κ2) is 6.04. The van der Waals surface area contributed by atoms with Gasteiger partial charge in [-0.25, -0.2) is 4.98 Å². The fourth-order valence-electron chi connectivity index (χ4n) is 2.92. The molecule has 1 aromatic heterocycles. The minimum absolute atomic E-state index is 0.0407. The van der Waals surface area contributed by atoms with E-state index in [2.05, 4.69) is 15.2 Å². The Morgan fingerprint density at radius 1 is 1.41 bits per heavy atom. The van der Waals surface area contributed by atoms with Crippen LogP contribution in [-0.4, -0.2) is 70.1 Å². The number of amides is 2. The van der Waals surface area contributed by atoms with Gasteiger partial charge < -0.3 is 14.5 Å². The molecule has 2 atom stereocenters. The van der Waals surface area contributed by atoms with Crippen molar-refractivity contribution in [1.29, 1.82) is 0 Å². The molecule has 8 heteroatoms. The molecule has 3 rings (SSSR count). The predicted molar refractivity (Wildman–Crippen MR) is 76.8 cm³/mol. The van der Waals surface area contributed by atoms with Crippen molar-refractivity contribution >= 4 is 11.8 Å². The van der Waals surface area contributed by atoms with E-state index in [9.17, 15) is 9.59 Å². The summed E-state index contributed by atoms with van der Waals surface area (Å²) < 4.78 is 5.67. The summed E-state index contributed by atoms with van der Waals surface area (Å²) in [7, 11) is 1.78. The molecule has 2 saturated heterocycles. The first-order chi connectivity index (χ1) is 10.5. The molecule has 0 spiro atoms. The van der Waals surface area contributed by atoms with Crippen molar-refractivity contribution in [2.75, 3.05) is 33.3 Å². The highest BCUT2D eigenvalue weighted by Crippen LogP contribution is 2.24. The number of H-pyrrole nitrogens is 1. The molecule has 0 bridgehead atoms. The van der Waals surface area contributed by atoms with Gasteiger partial charge in [-0.1, -0.05) is 0 Å². The number of carbonyl (C=O) groups excluding carboxylic acids is 2. The van der Waals surface area contributed by atoms with Gasteiger partial charge in [0.15, 0.2) is 5.82 Å². The lowest BCUT2D eigenvalue weighted by Gasteiger charge is -2.36. The maximum absolute atomic E-state index is 12.6. The summed E-state index contributed by atoms with van der Waals surface area (Å²) in [4.78, 5) is 32.2. The van der Waals surface area contributed by atoms with Gasteiger partial charge in [0, 0.05) is 32.5 Å². The monoisotopic (exact) mass is 307 g/mol. The molecule has 1 aromatic rings. The maximum Gasteiger partial charge on any atom is 0.226 e. The zero-order valence-corrected chi connectivity index (χ0v) is 12.9. The Hall–Kier alpha value is -1.96. The SMILES string of the molecule is Cc1nc([C@H]2CN(C(=O)[C@@H]3CCN(C)C(=O)C3)CCO2)n[nH]1. The van der Waals surface area contributed by atoms with Crippen LogP contribution in [0.5, 0.6) is 0 Å². The number of hydrogen-bond donors (Lipinski definition) is 1. The first kappa shape index (κ1) is 15.0. The largest absolute Gasteiger partial charge is 0.366 e. The summed E-state index contributed by atoms with van der Waals surface area (Å²) in [5.41, 5.74) is 0. The van der Waals surface area contributed by atoms with Crippen LogP contribution in [0.4, 0.5) is 0 Å². The van der Waals surface area contributed by atoms with Crippen molar-refractivity contribution < 1.29 is 14.3 Å². The molecular formula is C14H21N5O3. The van der Waals surface area contributed by atoms with Gasteiger partial charge in [0.1, 0.15) is 11.9 Å². The number of piperidine rings is 1. The van der Waals surface area contributed by atoms with Crippen LogP contribution in [0.25, 0.3) is 0 Å². The Morgan fingerprint density at radius 2 is 2.23 bits per heavy atom. The fourth-order valence-corrected chi connectivity index (χ4v) is 2.92. The first-order valence-corrected chi connectivity index (χ1v) is 7.58. The quantitative estimate of drug-likeness (QED) is 0.822. The van der Waals surface area contributed by atoms with Crippen LogP contribution in [0.15, 0.2) is 0 Å². The predicted octanol–water partition coefficient (Wildman–Crippen LogP) is -0.119. The Labute approximate surface area is 128 Å². The topological polar surface area (TPSA) is 91.4 Å². The van der Waals surface area contributed by atoms with E-state index < -0.39 is 0 Å². The molecule has 3 heterocycles. The van der Waals surface area contributed by atoms with E-state index in [1.807, 2.05) is 6.92 Å². The van der Waals surface area contributed by atoms with E-state index in [1.54, 1.807) is 16.8 Å². The highest BCUT2D eigenvalue weighted by atomic mass is 16.5.